The molecule has 62 valence electrons. The molecule has 1 unspecified atom stereocenters. The van der Waals surface area contributed by atoms with E-state index in [-0.39, 0.29) is 6.61 Å². The first kappa shape index (κ1) is 8.94. The van der Waals surface area contributed by atoms with Crippen LogP contribution in [0.5, 0.6) is 0 Å². The molecular weight excluding hydrogens is 183 g/mol. The summed E-state index contributed by atoms with van der Waals surface area (Å²) in [7, 11) is -3.48. The van der Waals surface area contributed by atoms with Crippen LogP contribution in [0.25, 0.3) is 0 Å². The van der Waals surface area contributed by atoms with E-state index in [2.05, 4.69) is 0 Å². The summed E-state index contributed by atoms with van der Waals surface area (Å²) in [5.74, 6) is 0. The Morgan fingerprint density at radius 3 is 3.00 bits per heavy atom. The second-order valence-electron chi connectivity index (χ2n) is 1.89. The maximum absolute atomic E-state index is 11.2. The molecule has 0 fully saturated rings. The highest BCUT2D eigenvalue weighted by Crippen LogP contribution is 2.41. The van der Waals surface area contributed by atoms with Crippen molar-refractivity contribution >= 4 is 23.6 Å². The lowest BCUT2D eigenvalue weighted by Crippen LogP contribution is -2.01. The lowest BCUT2D eigenvalue weighted by atomic mass is 10.7. The Kier molecular flexibility index (Phi) is 2.84. The van der Waals surface area contributed by atoms with Crippen molar-refractivity contribution in [3.8, 4) is 0 Å². The SMILES string of the molecule is CCOP(=O)(O)c1cccs1. The van der Waals surface area contributed by atoms with E-state index in [1.54, 1.807) is 24.4 Å². The zero-order valence-corrected chi connectivity index (χ0v) is 7.77. The molecular formula is C6H9O3PS. The molecule has 1 aromatic heterocycles. The molecule has 0 aromatic carbocycles. The molecule has 0 radical (unpaired) electrons. The Morgan fingerprint density at radius 2 is 2.55 bits per heavy atom. The molecule has 0 amide bonds. The fourth-order valence-corrected chi connectivity index (χ4v) is 2.75. The van der Waals surface area contributed by atoms with Gasteiger partial charge in [-0.15, -0.1) is 11.3 Å². The molecule has 1 aromatic rings. The monoisotopic (exact) mass is 192 g/mol. The number of rotatable bonds is 3. The highest BCUT2D eigenvalue weighted by Gasteiger charge is 2.22. The molecule has 1 rings (SSSR count). The summed E-state index contributed by atoms with van der Waals surface area (Å²) in [5, 5.41) is 1.75. The summed E-state index contributed by atoms with van der Waals surface area (Å²) in [6.07, 6.45) is 0. The Hall–Kier alpha value is -0.150. The van der Waals surface area contributed by atoms with Gasteiger partial charge in [0.1, 0.15) is 4.62 Å². The summed E-state index contributed by atoms with van der Waals surface area (Å²) in [6.45, 7) is 1.95. The molecule has 11 heavy (non-hydrogen) atoms. The Bertz CT molecular complexity index is 257. The van der Waals surface area contributed by atoms with Gasteiger partial charge in [-0.25, -0.2) is 0 Å². The first-order chi connectivity index (χ1) is 5.17. The van der Waals surface area contributed by atoms with Crippen LogP contribution in [-0.4, -0.2) is 11.5 Å². The van der Waals surface area contributed by atoms with Gasteiger partial charge in [0.2, 0.25) is 0 Å². The lowest BCUT2D eigenvalue weighted by molar-refractivity contribution is 0.284. The Labute approximate surface area is 69.2 Å². The Morgan fingerprint density at radius 1 is 1.82 bits per heavy atom. The minimum absolute atomic E-state index is 0.256. The third-order valence-corrected chi connectivity index (χ3v) is 4.08. The second kappa shape index (κ2) is 3.50. The van der Waals surface area contributed by atoms with Gasteiger partial charge in [-0.2, -0.15) is 0 Å². The average molecular weight is 192 g/mol. The molecule has 0 aliphatic heterocycles. The van der Waals surface area contributed by atoms with Crippen molar-refractivity contribution in [3.63, 3.8) is 0 Å². The largest absolute Gasteiger partial charge is 0.368 e. The fourth-order valence-electron chi connectivity index (χ4n) is 0.669. The van der Waals surface area contributed by atoms with E-state index < -0.39 is 7.60 Å². The van der Waals surface area contributed by atoms with Crippen LogP contribution in [-0.2, 0) is 9.09 Å². The van der Waals surface area contributed by atoms with E-state index in [1.165, 1.54) is 11.3 Å². The molecule has 0 aliphatic carbocycles. The minimum Gasteiger partial charge on any atom is -0.320 e. The van der Waals surface area contributed by atoms with Crippen LogP contribution in [0.1, 0.15) is 6.92 Å². The highest BCUT2D eigenvalue weighted by atomic mass is 32.1. The van der Waals surface area contributed by atoms with Gasteiger partial charge in [-0.1, -0.05) is 6.07 Å². The predicted octanol–water partition coefficient (Wildman–Crippen LogP) is 1.60. The second-order valence-corrected chi connectivity index (χ2v) is 4.92. The smallest absolute Gasteiger partial charge is 0.320 e. The van der Waals surface area contributed by atoms with Crippen LogP contribution in [0, 0.1) is 0 Å². The van der Waals surface area contributed by atoms with Gasteiger partial charge >= 0.3 is 7.60 Å². The molecule has 0 aliphatic rings. The van der Waals surface area contributed by atoms with Gasteiger partial charge in [0.05, 0.1) is 6.61 Å². The summed E-state index contributed by atoms with van der Waals surface area (Å²) in [4.78, 5) is 9.22. The molecule has 1 heterocycles. The minimum atomic E-state index is -3.48. The van der Waals surface area contributed by atoms with Crippen LogP contribution in [0.2, 0.25) is 0 Å². The van der Waals surface area contributed by atoms with Crippen molar-refractivity contribution in [3.05, 3.63) is 17.5 Å². The summed E-state index contributed by atoms with van der Waals surface area (Å²) < 4.78 is 16.3. The van der Waals surface area contributed by atoms with Crippen molar-refractivity contribution < 1.29 is 14.0 Å². The van der Waals surface area contributed by atoms with Gasteiger partial charge in [0, 0.05) is 0 Å². The van der Waals surface area contributed by atoms with Crippen molar-refractivity contribution in [1.82, 2.24) is 0 Å². The van der Waals surface area contributed by atoms with E-state index in [0.29, 0.717) is 4.62 Å². The lowest BCUT2D eigenvalue weighted by Gasteiger charge is -2.06. The normalized spacial score (nSPS) is 16.2. The fraction of sp³-hybridized carbons (Fsp3) is 0.333. The van der Waals surface area contributed by atoms with E-state index in [0.717, 1.165) is 0 Å². The molecule has 3 nitrogen and oxygen atoms in total. The van der Waals surface area contributed by atoms with E-state index in [1.807, 2.05) is 0 Å². The van der Waals surface area contributed by atoms with Crippen molar-refractivity contribution in [2.24, 2.45) is 0 Å². The zero-order valence-electron chi connectivity index (χ0n) is 6.06. The van der Waals surface area contributed by atoms with Crippen LogP contribution in [0.3, 0.4) is 0 Å². The molecule has 1 atom stereocenters. The first-order valence-electron chi connectivity index (χ1n) is 3.18. The van der Waals surface area contributed by atoms with Crippen molar-refractivity contribution in [1.29, 1.82) is 0 Å². The number of hydrogen-bond donors (Lipinski definition) is 1. The summed E-state index contributed by atoms with van der Waals surface area (Å²) >= 11 is 1.23. The van der Waals surface area contributed by atoms with Crippen molar-refractivity contribution in [2.75, 3.05) is 6.61 Å². The molecule has 1 N–H and O–H groups in total. The average Bonchev–Trinajstić information content (AvgIpc) is 2.37. The summed E-state index contributed by atoms with van der Waals surface area (Å²) in [6, 6.07) is 3.32. The number of thiophene rings is 1. The van der Waals surface area contributed by atoms with Crippen LogP contribution in [0.4, 0.5) is 0 Å². The van der Waals surface area contributed by atoms with Crippen molar-refractivity contribution in [2.45, 2.75) is 6.92 Å². The molecule has 0 saturated carbocycles. The van der Waals surface area contributed by atoms with Crippen LogP contribution >= 0.6 is 18.9 Å². The van der Waals surface area contributed by atoms with Gasteiger partial charge in [0.15, 0.2) is 0 Å². The summed E-state index contributed by atoms with van der Waals surface area (Å²) in [5.41, 5.74) is 0. The molecule has 5 heteroatoms. The van der Waals surface area contributed by atoms with E-state index in [9.17, 15) is 9.46 Å². The maximum Gasteiger partial charge on any atom is 0.368 e. The van der Waals surface area contributed by atoms with Gasteiger partial charge in [0.25, 0.3) is 0 Å². The third kappa shape index (κ3) is 2.14. The van der Waals surface area contributed by atoms with Gasteiger partial charge < -0.3 is 9.42 Å². The Balaban J connectivity index is 2.82. The van der Waals surface area contributed by atoms with E-state index in [4.69, 9.17) is 4.52 Å². The van der Waals surface area contributed by atoms with E-state index >= 15 is 0 Å². The van der Waals surface area contributed by atoms with Gasteiger partial charge in [-0.05, 0) is 18.4 Å². The molecule has 0 saturated heterocycles. The van der Waals surface area contributed by atoms with Crippen LogP contribution in [0.15, 0.2) is 17.5 Å². The zero-order chi connectivity index (χ0) is 8.32. The third-order valence-electron chi connectivity index (χ3n) is 1.09. The quantitative estimate of drug-likeness (QED) is 0.740. The highest BCUT2D eigenvalue weighted by molar-refractivity contribution is 7.67. The predicted molar refractivity (Wildman–Crippen MR) is 45.4 cm³/mol. The molecule has 0 spiro atoms. The standard InChI is InChI=1S/C6H9O3PS/c1-2-9-10(7,8)6-4-3-5-11-6/h3-5H,2H2,1H3,(H,7,8). The van der Waals surface area contributed by atoms with Gasteiger partial charge in [-0.3, -0.25) is 4.57 Å². The maximum atomic E-state index is 11.2. The first-order valence-corrected chi connectivity index (χ1v) is 5.64. The number of hydrogen-bond acceptors (Lipinski definition) is 3. The topological polar surface area (TPSA) is 46.5 Å². The van der Waals surface area contributed by atoms with Crippen LogP contribution < -0.4 is 4.62 Å². The molecule has 0 bridgehead atoms.